The summed E-state index contributed by atoms with van der Waals surface area (Å²) in [7, 11) is 0. The van der Waals surface area contributed by atoms with E-state index in [9.17, 15) is 0 Å². The molecule has 1 aliphatic rings. The maximum atomic E-state index is 5.75. The molecule has 0 aliphatic heterocycles. The Labute approximate surface area is 86.2 Å². The smallest absolute Gasteiger partial charge is 0.189 e. The van der Waals surface area contributed by atoms with Crippen molar-refractivity contribution in [2.75, 3.05) is 0 Å². The summed E-state index contributed by atoms with van der Waals surface area (Å²) in [6.07, 6.45) is 11.1. The van der Waals surface area contributed by atoms with Crippen LogP contribution >= 0.6 is 0 Å². The summed E-state index contributed by atoms with van der Waals surface area (Å²) in [6, 6.07) is 0.429. The molecule has 0 bridgehead atoms. The maximum absolute atomic E-state index is 5.75. The van der Waals surface area contributed by atoms with Crippen LogP contribution in [0.2, 0.25) is 0 Å². The molecule has 0 amide bonds. The maximum Gasteiger partial charge on any atom is 0.189 e. The molecule has 1 aliphatic carbocycles. The van der Waals surface area contributed by atoms with E-state index >= 15 is 0 Å². The Balaban J connectivity index is 2.39. The van der Waals surface area contributed by atoms with Gasteiger partial charge >= 0.3 is 0 Å². The summed E-state index contributed by atoms with van der Waals surface area (Å²) in [5.74, 6) is 3.14. The first-order valence-corrected chi connectivity index (χ1v) is 5.32. The van der Waals surface area contributed by atoms with Crippen molar-refractivity contribution in [3.63, 3.8) is 0 Å². The highest BCUT2D eigenvalue weighted by Crippen LogP contribution is 2.20. The second-order valence-electron chi connectivity index (χ2n) is 3.72. The Morgan fingerprint density at radius 2 is 2.29 bits per heavy atom. The van der Waals surface area contributed by atoms with Gasteiger partial charge in [-0.05, 0) is 19.3 Å². The molecular weight excluding hydrogens is 174 g/mol. The molecule has 78 valence electrons. The lowest BCUT2D eigenvalue weighted by molar-refractivity contribution is 0.674. The number of guanidine groups is 1. The summed E-state index contributed by atoms with van der Waals surface area (Å²) in [5, 5.41) is 3.03. The highest BCUT2D eigenvalue weighted by Gasteiger charge is 2.14. The van der Waals surface area contributed by atoms with Crippen molar-refractivity contribution in [3.05, 3.63) is 0 Å². The van der Waals surface area contributed by atoms with Crippen molar-refractivity contribution >= 4 is 5.96 Å². The predicted octanol–water partition coefficient (Wildman–Crippen LogP) is 1.25. The monoisotopic (exact) mass is 193 g/mol. The van der Waals surface area contributed by atoms with Gasteiger partial charge in [0.25, 0.3) is 0 Å². The number of hydrogen-bond acceptors (Lipinski definition) is 1. The van der Waals surface area contributed by atoms with Crippen molar-refractivity contribution < 1.29 is 0 Å². The first-order chi connectivity index (χ1) is 6.76. The second-order valence-corrected chi connectivity index (χ2v) is 3.72. The fourth-order valence-electron chi connectivity index (χ4n) is 1.71. The van der Waals surface area contributed by atoms with Gasteiger partial charge in [-0.2, -0.15) is 0 Å². The first kappa shape index (κ1) is 10.9. The van der Waals surface area contributed by atoms with E-state index in [0.717, 1.165) is 19.3 Å². The molecule has 1 rings (SSSR count). The molecule has 1 saturated carbocycles. The molecule has 0 aromatic rings. The third kappa shape index (κ3) is 3.29. The molecule has 3 heteroatoms. The van der Waals surface area contributed by atoms with Gasteiger partial charge in [-0.3, -0.25) is 4.99 Å². The standard InChI is InChI=1S/C11H19N3/c1-3-9(4-2)13-11(12)14-10-7-5-6-8-10/h1,9-10H,4-8H2,2H3,(H3,12,13,14). The van der Waals surface area contributed by atoms with E-state index in [1.807, 2.05) is 6.92 Å². The lowest BCUT2D eigenvalue weighted by atomic mass is 10.2. The van der Waals surface area contributed by atoms with Crippen LogP contribution in [0.5, 0.6) is 0 Å². The van der Waals surface area contributed by atoms with Crippen molar-refractivity contribution in [1.82, 2.24) is 5.32 Å². The van der Waals surface area contributed by atoms with E-state index in [1.165, 1.54) is 12.8 Å². The van der Waals surface area contributed by atoms with Crippen LogP contribution in [-0.2, 0) is 0 Å². The van der Waals surface area contributed by atoms with Gasteiger partial charge in [-0.15, -0.1) is 6.42 Å². The molecule has 0 spiro atoms. The highest BCUT2D eigenvalue weighted by molar-refractivity contribution is 5.78. The average Bonchev–Trinajstić information content (AvgIpc) is 2.66. The van der Waals surface area contributed by atoms with Crippen LogP contribution in [0.1, 0.15) is 39.0 Å². The molecule has 3 N–H and O–H groups in total. The molecule has 1 fully saturated rings. The fourth-order valence-corrected chi connectivity index (χ4v) is 1.71. The van der Waals surface area contributed by atoms with Crippen molar-refractivity contribution in [2.24, 2.45) is 10.7 Å². The van der Waals surface area contributed by atoms with E-state index in [0.29, 0.717) is 12.0 Å². The molecule has 0 aromatic carbocycles. The topological polar surface area (TPSA) is 50.4 Å². The Kier molecular flexibility index (Phi) is 4.31. The number of aliphatic imine (C=N–C) groups is 1. The third-order valence-electron chi connectivity index (χ3n) is 2.58. The summed E-state index contributed by atoms with van der Waals surface area (Å²) in [4.78, 5) is 4.40. The molecule has 14 heavy (non-hydrogen) atoms. The van der Waals surface area contributed by atoms with E-state index in [2.05, 4.69) is 16.2 Å². The Hall–Kier alpha value is -1.17. The third-order valence-corrected chi connectivity index (χ3v) is 2.58. The van der Waals surface area contributed by atoms with Gasteiger partial charge in [-0.1, -0.05) is 25.7 Å². The lowest BCUT2D eigenvalue weighted by Gasteiger charge is -2.12. The second kappa shape index (κ2) is 5.54. The van der Waals surface area contributed by atoms with E-state index in [4.69, 9.17) is 12.2 Å². The number of rotatable bonds is 3. The zero-order valence-electron chi connectivity index (χ0n) is 8.79. The molecule has 0 heterocycles. The SMILES string of the molecule is C#CC(CC)NC(N)=NC1CCCC1. The lowest BCUT2D eigenvalue weighted by Crippen LogP contribution is -2.39. The molecule has 0 radical (unpaired) electrons. The zero-order valence-corrected chi connectivity index (χ0v) is 8.79. The summed E-state index contributed by atoms with van der Waals surface area (Å²) < 4.78 is 0. The Morgan fingerprint density at radius 3 is 2.79 bits per heavy atom. The molecule has 1 atom stereocenters. The number of terminal acetylenes is 1. The normalized spacial score (nSPS) is 20.4. The van der Waals surface area contributed by atoms with Gasteiger partial charge in [0.1, 0.15) is 0 Å². The summed E-state index contributed by atoms with van der Waals surface area (Å²) in [6.45, 7) is 2.03. The van der Waals surface area contributed by atoms with Crippen LogP contribution in [0.15, 0.2) is 4.99 Å². The van der Waals surface area contributed by atoms with E-state index in [-0.39, 0.29) is 6.04 Å². The van der Waals surface area contributed by atoms with Crippen LogP contribution in [0.25, 0.3) is 0 Å². The largest absolute Gasteiger partial charge is 0.370 e. The fraction of sp³-hybridized carbons (Fsp3) is 0.727. The van der Waals surface area contributed by atoms with Crippen LogP contribution < -0.4 is 11.1 Å². The summed E-state index contributed by atoms with van der Waals surface area (Å²) >= 11 is 0. The van der Waals surface area contributed by atoms with Crippen molar-refractivity contribution in [3.8, 4) is 12.3 Å². The number of nitrogens with two attached hydrogens (primary N) is 1. The number of hydrogen-bond donors (Lipinski definition) is 2. The molecule has 0 aromatic heterocycles. The molecular formula is C11H19N3. The van der Waals surface area contributed by atoms with Crippen molar-refractivity contribution in [2.45, 2.75) is 51.1 Å². The number of nitrogens with zero attached hydrogens (tertiary/aromatic N) is 1. The van der Waals surface area contributed by atoms with Crippen LogP contribution in [-0.4, -0.2) is 18.0 Å². The molecule has 0 saturated heterocycles. The highest BCUT2D eigenvalue weighted by atomic mass is 15.1. The Bertz CT molecular complexity index is 233. The minimum absolute atomic E-state index is 0.0140. The minimum Gasteiger partial charge on any atom is -0.370 e. The van der Waals surface area contributed by atoms with Gasteiger partial charge in [0.05, 0.1) is 12.1 Å². The number of nitrogens with one attached hydrogen (secondary N) is 1. The van der Waals surface area contributed by atoms with Crippen molar-refractivity contribution in [1.29, 1.82) is 0 Å². The van der Waals surface area contributed by atoms with E-state index in [1.54, 1.807) is 0 Å². The van der Waals surface area contributed by atoms with Gasteiger partial charge in [0.15, 0.2) is 5.96 Å². The van der Waals surface area contributed by atoms with Gasteiger partial charge < -0.3 is 11.1 Å². The zero-order chi connectivity index (χ0) is 10.4. The minimum atomic E-state index is 0.0140. The van der Waals surface area contributed by atoms with Gasteiger partial charge in [-0.25, -0.2) is 0 Å². The average molecular weight is 193 g/mol. The van der Waals surface area contributed by atoms with Gasteiger partial charge in [0.2, 0.25) is 0 Å². The van der Waals surface area contributed by atoms with E-state index < -0.39 is 0 Å². The first-order valence-electron chi connectivity index (χ1n) is 5.32. The quantitative estimate of drug-likeness (QED) is 0.402. The summed E-state index contributed by atoms with van der Waals surface area (Å²) in [5.41, 5.74) is 5.75. The molecule has 3 nitrogen and oxygen atoms in total. The molecule has 1 unspecified atom stereocenters. The van der Waals surface area contributed by atoms with Crippen LogP contribution in [0.3, 0.4) is 0 Å². The Morgan fingerprint density at radius 1 is 1.64 bits per heavy atom. The van der Waals surface area contributed by atoms with Gasteiger partial charge in [0, 0.05) is 0 Å². The predicted molar refractivity (Wildman–Crippen MR) is 59.9 cm³/mol. The van der Waals surface area contributed by atoms with Crippen LogP contribution in [0.4, 0.5) is 0 Å². The van der Waals surface area contributed by atoms with Crippen LogP contribution in [0, 0.1) is 12.3 Å².